The predicted molar refractivity (Wildman–Crippen MR) is 108 cm³/mol. The van der Waals surface area contributed by atoms with Crippen LogP contribution >= 0.6 is 0 Å². The van der Waals surface area contributed by atoms with Crippen LogP contribution < -0.4 is 0 Å². The van der Waals surface area contributed by atoms with Crippen LogP contribution in [0, 0.1) is 0 Å². The first kappa shape index (κ1) is 20.9. The molecule has 0 radical (unpaired) electrons. The lowest BCUT2D eigenvalue weighted by Crippen LogP contribution is -2.45. The highest BCUT2D eigenvalue weighted by Gasteiger charge is 2.34. The van der Waals surface area contributed by atoms with Crippen molar-refractivity contribution in [3.05, 3.63) is 65.2 Å². The van der Waals surface area contributed by atoms with Gasteiger partial charge in [0.15, 0.2) is 5.84 Å². The minimum absolute atomic E-state index is 0.114. The number of fused-ring (bicyclic) bond motifs is 1. The smallest absolute Gasteiger partial charge is 0.355 e. The Morgan fingerprint density at radius 1 is 1.10 bits per heavy atom. The van der Waals surface area contributed by atoms with E-state index >= 15 is 0 Å². The van der Waals surface area contributed by atoms with Crippen LogP contribution in [0.15, 0.2) is 57.8 Å². The quantitative estimate of drug-likeness (QED) is 0.734. The van der Waals surface area contributed by atoms with Crippen molar-refractivity contribution in [1.82, 2.24) is 9.80 Å². The molecule has 2 aromatic carbocycles. The van der Waals surface area contributed by atoms with Crippen molar-refractivity contribution in [2.24, 2.45) is 4.40 Å². The number of hydrogen-bond donors (Lipinski definition) is 0. The molecule has 0 bridgehead atoms. The number of benzene rings is 2. The van der Waals surface area contributed by atoms with Gasteiger partial charge in [-0.25, -0.2) is 0 Å². The molecule has 160 valence electrons. The minimum atomic E-state index is -4.34. The summed E-state index contributed by atoms with van der Waals surface area (Å²) >= 11 is 0. The maximum Gasteiger partial charge on any atom is 0.416 e. The molecule has 2 heterocycles. The summed E-state index contributed by atoms with van der Waals surface area (Å²) in [7, 11) is -1.81. The number of likely N-dealkylation sites (tertiary alicyclic amines) is 1. The number of piperidine rings is 1. The largest absolute Gasteiger partial charge is 0.416 e. The molecule has 9 heteroatoms. The van der Waals surface area contributed by atoms with Gasteiger partial charge in [-0.05, 0) is 36.6 Å². The molecule has 1 saturated heterocycles. The lowest BCUT2D eigenvalue weighted by atomic mass is 10.0. The van der Waals surface area contributed by atoms with E-state index < -0.39 is 21.8 Å². The Labute approximate surface area is 173 Å². The summed E-state index contributed by atoms with van der Waals surface area (Å²) < 4.78 is 67.3. The molecule has 0 atom stereocenters. The molecule has 0 amide bonds. The summed E-state index contributed by atoms with van der Waals surface area (Å²) in [6.07, 6.45) is -2.79. The second kappa shape index (κ2) is 7.70. The SMILES string of the molecule is CN(C1=NS(=O)(=O)c2ccccc21)C1CCN(Cc2cccc(C(F)(F)F)c2)CC1. The van der Waals surface area contributed by atoms with Crippen molar-refractivity contribution in [3.8, 4) is 0 Å². The molecule has 0 unspecified atom stereocenters. The zero-order chi connectivity index (χ0) is 21.5. The molecule has 2 aliphatic heterocycles. The third-order valence-corrected chi connectivity index (χ3v) is 7.04. The van der Waals surface area contributed by atoms with Gasteiger partial charge in [-0.15, -0.1) is 4.40 Å². The van der Waals surface area contributed by atoms with Crippen molar-refractivity contribution in [3.63, 3.8) is 0 Å². The van der Waals surface area contributed by atoms with Gasteiger partial charge < -0.3 is 4.90 Å². The molecule has 0 saturated carbocycles. The van der Waals surface area contributed by atoms with E-state index in [2.05, 4.69) is 9.30 Å². The van der Waals surface area contributed by atoms with Crippen LogP contribution in [0.5, 0.6) is 0 Å². The molecule has 4 rings (SSSR count). The van der Waals surface area contributed by atoms with Crippen LogP contribution in [-0.4, -0.2) is 50.2 Å². The van der Waals surface area contributed by atoms with Gasteiger partial charge in [0.1, 0.15) is 4.90 Å². The second-order valence-electron chi connectivity index (χ2n) is 7.70. The maximum atomic E-state index is 12.9. The number of halogens is 3. The highest BCUT2D eigenvalue weighted by Crippen LogP contribution is 2.31. The Hall–Kier alpha value is -2.39. The zero-order valence-corrected chi connectivity index (χ0v) is 17.2. The highest BCUT2D eigenvalue weighted by molar-refractivity contribution is 7.90. The van der Waals surface area contributed by atoms with E-state index in [1.807, 2.05) is 11.9 Å². The Bertz CT molecular complexity index is 1070. The first-order valence-corrected chi connectivity index (χ1v) is 11.1. The number of rotatable bonds is 3. The zero-order valence-electron chi connectivity index (χ0n) is 16.4. The van der Waals surface area contributed by atoms with E-state index in [4.69, 9.17) is 0 Å². The lowest BCUT2D eigenvalue weighted by Gasteiger charge is -2.37. The lowest BCUT2D eigenvalue weighted by molar-refractivity contribution is -0.137. The summed E-state index contributed by atoms with van der Waals surface area (Å²) in [5.41, 5.74) is 0.622. The molecule has 1 fully saturated rings. The first-order valence-electron chi connectivity index (χ1n) is 9.71. The summed E-state index contributed by atoms with van der Waals surface area (Å²) in [6, 6.07) is 12.3. The number of nitrogens with zero attached hydrogens (tertiary/aromatic N) is 3. The molecule has 0 N–H and O–H groups in total. The molecule has 2 aliphatic rings. The molecule has 0 aliphatic carbocycles. The molecular weight excluding hydrogens is 415 g/mol. The van der Waals surface area contributed by atoms with Crippen molar-refractivity contribution in [2.75, 3.05) is 20.1 Å². The monoisotopic (exact) mass is 437 g/mol. The summed E-state index contributed by atoms with van der Waals surface area (Å²) in [6.45, 7) is 1.89. The standard InChI is InChI=1S/C21H22F3N3O2S/c1-26(20-18-7-2-3-8-19(18)30(28,29)25-20)17-9-11-27(12-10-17)14-15-5-4-6-16(13-15)21(22,23)24/h2-8,13,17H,9-12,14H2,1H3. The van der Waals surface area contributed by atoms with E-state index in [0.29, 0.717) is 36.6 Å². The van der Waals surface area contributed by atoms with E-state index in [-0.39, 0.29) is 10.9 Å². The van der Waals surface area contributed by atoms with Crippen molar-refractivity contribution in [2.45, 2.75) is 36.5 Å². The Balaban J connectivity index is 1.41. The number of alkyl halides is 3. The van der Waals surface area contributed by atoms with Crippen LogP contribution in [0.4, 0.5) is 13.2 Å². The summed E-state index contributed by atoms with van der Waals surface area (Å²) in [5.74, 6) is 0.460. The predicted octanol–water partition coefficient (Wildman–Crippen LogP) is 3.75. The topological polar surface area (TPSA) is 53.0 Å². The van der Waals surface area contributed by atoms with E-state index in [1.165, 1.54) is 12.1 Å². The third-order valence-electron chi connectivity index (χ3n) is 5.71. The summed E-state index contributed by atoms with van der Waals surface area (Å²) in [4.78, 5) is 4.28. The number of sulfonamides is 1. The Morgan fingerprint density at radius 3 is 2.50 bits per heavy atom. The van der Waals surface area contributed by atoms with Gasteiger partial charge in [0, 0.05) is 38.3 Å². The second-order valence-corrected chi connectivity index (χ2v) is 9.28. The van der Waals surface area contributed by atoms with Gasteiger partial charge in [0.05, 0.1) is 5.56 Å². The van der Waals surface area contributed by atoms with Crippen molar-refractivity contribution >= 4 is 15.9 Å². The van der Waals surface area contributed by atoms with Gasteiger partial charge in [-0.1, -0.05) is 30.3 Å². The molecule has 5 nitrogen and oxygen atoms in total. The van der Waals surface area contributed by atoms with Crippen LogP contribution in [0.2, 0.25) is 0 Å². The molecule has 30 heavy (non-hydrogen) atoms. The van der Waals surface area contributed by atoms with Gasteiger partial charge in [-0.2, -0.15) is 21.6 Å². The fraction of sp³-hybridized carbons (Fsp3) is 0.381. The fourth-order valence-electron chi connectivity index (χ4n) is 4.08. The maximum absolute atomic E-state index is 12.9. The Kier molecular flexibility index (Phi) is 5.36. The average Bonchev–Trinajstić information content (AvgIpc) is 2.99. The summed E-state index contributed by atoms with van der Waals surface area (Å²) in [5, 5.41) is 0. The molecular formula is C21H22F3N3O2S. The molecule has 2 aromatic rings. The van der Waals surface area contributed by atoms with Gasteiger partial charge >= 0.3 is 6.18 Å². The van der Waals surface area contributed by atoms with Gasteiger partial charge in [0.2, 0.25) is 0 Å². The normalized spacial score (nSPS) is 19.4. The Morgan fingerprint density at radius 2 is 1.80 bits per heavy atom. The molecule has 0 spiro atoms. The highest BCUT2D eigenvalue weighted by atomic mass is 32.2. The van der Waals surface area contributed by atoms with E-state index in [9.17, 15) is 21.6 Å². The third kappa shape index (κ3) is 4.09. The molecule has 0 aromatic heterocycles. The average molecular weight is 437 g/mol. The van der Waals surface area contributed by atoms with Crippen LogP contribution in [0.3, 0.4) is 0 Å². The van der Waals surface area contributed by atoms with Gasteiger partial charge in [0.25, 0.3) is 10.0 Å². The first-order chi connectivity index (χ1) is 14.1. The van der Waals surface area contributed by atoms with E-state index in [0.717, 1.165) is 18.9 Å². The van der Waals surface area contributed by atoms with Crippen molar-refractivity contribution < 1.29 is 21.6 Å². The van der Waals surface area contributed by atoms with E-state index in [1.54, 1.807) is 30.3 Å². The van der Waals surface area contributed by atoms with Crippen molar-refractivity contribution in [1.29, 1.82) is 0 Å². The number of amidine groups is 1. The minimum Gasteiger partial charge on any atom is -0.355 e. The van der Waals surface area contributed by atoms with Gasteiger partial charge in [-0.3, -0.25) is 4.90 Å². The van der Waals surface area contributed by atoms with Crippen LogP contribution in [0.25, 0.3) is 0 Å². The fourth-order valence-corrected chi connectivity index (χ4v) is 5.33. The van der Waals surface area contributed by atoms with Crippen LogP contribution in [-0.2, 0) is 22.7 Å². The van der Waals surface area contributed by atoms with Crippen LogP contribution in [0.1, 0.15) is 29.5 Å². The number of hydrogen-bond acceptors (Lipinski definition) is 4.